The predicted octanol–water partition coefficient (Wildman–Crippen LogP) is 2.83. The smallest absolute Gasteiger partial charge is 0.123 e. The Morgan fingerprint density at radius 3 is 3.18 bits per heavy atom. The second-order valence-corrected chi connectivity index (χ2v) is 4.51. The van der Waals surface area contributed by atoms with E-state index in [9.17, 15) is 4.39 Å². The van der Waals surface area contributed by atoms with Gasteiger partial charge in [0.05, 0.1) is 6.10 Å². The summed E-state index contributed by atoms with van der Waals surface area (Å²) >= 11 is 0. The Bertz CT molecular complexity index is 367. The molecule has 0 aromatic heterocycles. The van der Waals surface area contributed by atoms with Crippen LogP contribution in [0.1, 0.15) is 37.0 Å². The quantitative estimate of drug-likeness (QED) is 0.813. The summed E-state index contributed by atoms with van der Waals surface area (Å²) < 4.78 is 19.0. The maximum Gasteiger partial charge on any atom is 0.123 e. The standard InChI is InChI=1S/C14H20FNO/c1-2-7-16-10-14-13-6-5-12(15)9-11(13)4-3-8-17-14/h5-6,9,14,16H,2-4,7-8,10H2,1H3/t14-/m1/s1. The Hall–Kier alpha value is -0.930. The van der Waals surface area contributed by atoms with Crippen molar-refractivity contribution in [1.29, 1.82) is 0 Å². The SMILES string of the molecule is CCCNC[C@H]1OCCCc2cc(F)ccc21. The van der Waals surface area contributed by atoms with Crippen molar-refractivity contribution in [3.63, 3.8) is 0 Å². The van der Waals surface area contributed by atoms with E-state index in [0.29, 0.717) is 0 Å². The minimum Gasteiger partial charge on any atom is -0.372 e. The fourth-order valence-corrected chi connectivity index (χ4v) is 2.26. The highest BCUT2D eigenvalue weighted by atomic mass is 19.1. The molecule has 17 heavy (non-hydrogen) atoms. The number of aryl methyl sites for hydroxylation is 1. The van der Waals surface area contributed by atoms with Crippen molar-refractivity contribution in [3.05, 3.63) is 35.1 Å². The van der Waals surface area contributed by atoms with Crippen LogP contribution in [0.15, 0.2) is 18.2 Å². The summed E-state index contributed by atoms with van der Waals surface area (Å²) in [5, 5.41) is 3.37. The van der Waals surface area contributed by atoms with Crippen LogP contribution in [0.2, 0.25) is 0 Å². The van der Waals surface area contributed by atoms with E-state index >= 15 is 0 Å². The number of nitrogens with one attached hydrogen (secondary N) is 1. The molecule has 94 valence electrons. The number of rotatable bonds is 4. The van der Waals surface area contributed by atoms with Gasteiger partial charge in [0.1, 0.15) is 5.82 Å². The number of ether oxygens (including phenoxy) is 1. The average Bonchev–Trinajstić information content (AvgIpc) is 2.52. The van der Waals surface area contributed by atoms with Gasteiger partial charge in [-0.15, -0.1) is 0 Å². The maximum absolute atomic E-state index is 13.2. The molecule has 1 aliphatic heterocycles. The summed E-state index contributed by atoms with van der Waals surface area (Å²) in [6.45, 7) is 4.71. The minimum atomic E-state index is -0.147. The van der Waals surface area contributed by atoms with Crippen molar-refractivity contribution in [1.82, 2.24) is 5.32 Å². The molecular formula is C14H20FNO. The van der Waals surface area contributed by atoms with Crippen LogP contribution in [-0.4, -0.2) is 19.7 Å². The third-order valence-electron chi connectivity index (χ3n) is 3.12. The minimum absolute atomic E-state index is 0.0691. The van der Waals surface area contributed by atoms with Gasteiger partial charge in [-0.2, -0.15) is 0 Å². The lowest BCUT2D eigenvalue weighted by Crippen LogP contribution is -2.24. The monoisotopic (exact) mass is 237 g/mol. The molecule has 1 aromatic carbocycles. The first-order valence-corrected chi connectivity index (χ1v) is 6.42. The van der Waals surface area contributed by atoms with E-state index in [1.54, 1.807) is 6.07 Å². The molecule has 1 N–H and O–H groups in total. The summed E-state index contributed by atoms with van der Waals surface area (Å²) in [4.78, 5) is 0. The molecule has 1 aliphatic rings. The van der Waals surface area contributed by atoms with Crippen molar-refractivity contribution in [3.8, 4) is 0 Å². The number of halogens is 1. The number of hydrogen-bond donors (Lipinski definition) is 1. The lowest BCUT2D eigenvalue weighted by molar-refractivity contribution is 0.0566. The molecule has 0 spiro atoms. The van der Waals surface area contributed by atoms with E-state index in [1.165, 1.54) is 6.07 Å². The summed E-state index contributed by atoms with van der Waals surface area (Å²) in [5.74, 6) is -0.147. The zero-order chi connectivity index (χ0) is 12.1. The molecule has 0 aliphatic carbocycles. The molecule has 0 saturated carbocycles. The van der Waals surface area contributed by atoms with Gasteiger partial charge in [0, 0.05) is 13.2 Å². The van der Waals surface area contributed by atoms with Gasteiger partial charge in [-0.05, 0) is 49.1 Å². The van der Waals surface area contributed by atoms with E-state index in [2.05, 4.69) is 12.2 Å². The highest BCUT2D eigenvalue weighted by Gasteiger charge is 2.19. The topological polar surface area (TPSA) is 21.3 Å². The summed E-state index contributed by atoms with van der Waals surface area (Å²) in [5.41, 5.74) is 2.25. The van der Waals surface area contributed by atoms with Crippen LogP contribution in [0.3, 0.4) is 0 Å². The van der Waals surface area contributed by atoms with E-state index in [4.69, 9.17) is 4.74 Å². The zero-order valence-corrected chi connectivity index (χ0v) is 10.3. The highest BCUT2D eigenvalue weighted by molar-refractivity contribution is 5.31. The molecule has 2 nitrogen and oxygen atoms in total. The van der Waals surface area contributed by atoms with Crippen LogP contribution in [0.25, 0.3) is 0 Å². The first-order valence-electron chi connectivity index (χ1n) is 6.42. The van der Waals surface area contributed by atoms with Gasteiger partial charge in [-0.1, -0.05) is 13.0 Å². The summed E-state index contributed by atoms with van der Waals surface area (Å²) in [6.07, 6.45) is 3.07. The van der Waals surface area contributed by atoms with E-state index < -0.39 is 0 Å². The molecule has 2 rings (SSSR count). The lowest BCUT2D eigenvalue weighted by atomic mass is 9.99. The van der Waals surface area contributed by atoms with Gasteiger partial charge in [0.25, 0.3) is 0 Å². The Labute approximate surface area is 102 Å². The molecule has 0 fully saturated rings. The second-order valence-electron chi connectivity index (χ2n) is 4.51. The Morgan fingerprint density at radius 1 is 1.47 bits per heavy atom. The van der Waals surface area contributed by atoms with Crippen LogP contribution in [-0.2, 0) is 11.2 Å². The number of benzene rings is 1. The van der Waals surface area contributed by atoms with Gasteiger partial charge in [-0.25, -0.2) is 4.39 Å². The fraction of sp³-hybridized carbons (Fsp3) is 0.571. The molecule has 0 saturated heterocycles. The molecule has 3 heteroatoms. The van der Waals surface area contributed by atoms with Crippen molar-refractivity contribution < 1.29 is 9.13 Å². The summed E-state index contributed by atoms with van der Waals surface area (Å²) in [7, 11) is 0. The third kappa shape index (κ3) is 3.27. The highest BCUT2D eigenvalue weighted by Crippen LogP contribution is 2.26. The molecule has 0 bridgehead atoms. The van der Waals surface area contributed by atoms with Gasteiger partial charge in [0.15, 0.2) is 0 Å². The molecule has 1 heterocycles. The van der Waals surface area contributed by atoms with Crippen LogP contribution in [0, 0.1) is 5.82 Å². The summed E-state index contributed by atoms with van der Waals surface area (Å²) in [6, 6.07) is 5.05. The molecule has 0 unspecified atom stereocenters. The van der Waals surface area contributed by atoms with Crippen molar-refractivity contribution in [2.75, 3.05) is 19.7 Å². The van der Waals surface area contributed by atoms with Gasteiger partial charge in [-0.3, -0.25) is 0 Å². The van der Waals surface area contributed by atoms with Crippen molar-refractivity contribution >= 4 is 0 Å². The molecule has 0 radical (unpaired) electrons. The van der Waals surface area contributed by atoms with E-state index in [1.807, 2.05) is 6.07 Å². The van der Waals surface area contributed by atoms with Crippen molar-refractivity contribution in [2.45, 2.75) is 32.3 Å². The molecule has 1 atom stereocenters. The average molecular weight is 237 g/mol. The van der Waals surface area contributed by atoms with Gasteiger partial charge < -0.3 is 10.1 Å². The Kier molecular flexibility index (Phi) is 4.51. The number of hydrogen-bond acceptors (Lipinski definition) is 2. The normalized spacial score (nSPS) is 19.8. The Morgan fingerprint density at radius 2 is 2.35 bits per heavy atom. The second kappa shape index (κ2) is 6.12. The van der Waals surface area contributed by atoms with Gasteiger partial charge in [0.2, 0.25) is 0 Å². The Balaban J connectivity index is 2.12. The molecule has 0 amide bonds. The van der Waals surface area contributed by atoms with Crippen LogP contribution in [0.4, 0.5) is 4.39 Å². The molecular weight excluding hydrogens is 217 g/mol. The lowest BCUT2D eigenvalue weighted by Gasteiger charge is -2.18. The predicted molar refractivity (Wildman–Crippen MR) is 66.6 cm³/mol. The van der Waals surface area contributed by atoms with Gasteiger partial charge >= 0.3 is 0 Å². The first kappa shape index (κ1) is 12.5. The van der Waals surface area contributed by atoms with Crippen LogP contribution in [0.5, 0.6) is 0 Å². The largest absolute Gasteiger partial charge is 0.372 e. The van der Waals surface area contributed by atoms with Crippen LogP contribution >= 0.6 is 0 Å². The maximum atomic E-state index is 13.2. The van der Waals surface area contributed by atoms with Crippen LogP contribution < -0.4 is 5.32 Å². The number of fused-ring (bicyclic) bond motifs is 1. The first-order chi connectivity index (χ1) is 8.31. The zero-order valence-electron chi connectivity index (χ0n) is 10.3. The van der Waals surface area contributed by atoms with E-state index in [-0.39, 0.29) is 11.9 Å². The van der Waals surface area contributed by atoms with E-state index in [0.717, 1.165) is 50.1 Å². The fourth-order valence-electron chi connectivity index (χ4n) is 2.26. The van der Waals surface area contributed by atoms with Crippen molar-refractivity contribution in [2.24, 2.45) is 0 Å². The molecule has 1 aromatic rings. The third-order valence-corrected chi connectivity index (χ3v) is 3.12.